The molecule has 0 unspecified atom stereocenters. The number of esters is 2. The maximum atomic E-state index is 11.7. The Bertz CT molecular complexity index is 1080. The number of morpholine rings is 2. The first-order valence-electron chi connectivity index (χ1n) is 19.0. The Balaban J connectivity index is 0. The Morgan fingerprint density at radius 2 is 0.732 bits per heavy atom. The van der Waals surface area contributed by atoms with Gasteiger partial charge in [-0.3, -0.25) is 29.0 Å². The van der Waals surface area contributed by atoms with Gasteiger partial charge in [-0.2, -0.15) is 0 Å². The van der Waals surface area contributed by atoms with E-state index in [4.69, 9.17) is 58.6 Å². The summed E-state index contributed by atoms with van der Waals surface area (Å²) in [6.45, 7) is 21.5. The Hall–Kier alpha value is -4.00. The highest BCUT2D eigenvalue weighted by molar-refractivity contribution is 6.27. The normalized spacial score (nSPS) is 14.5. The molecule has 2 fully saturated rings. The SMILES string of the molecule is CC(C)(C)C(=O)CCCCC(=O)OCCCN1CCOCC1.CC(C)(C)C(=O)CCCCC(=O)OCCCN1CCOCC1.O=C(O)C(=O)O.O=C(O)C(=O)O. The third-order valence-corrected chi connectivity index (χ3v) is 8.08. The zero-order valence-electron chi connectivity index (χ0n) is 34.1. The van der Waals surface area contributed by atoms with Gasteiger partial charge in [0, 0.05) is 75.8 Å². The first kappa shape index (κ1) is 54.1. The maximum absolute atomic E-state index is 11.7. The van der Waals surface area contributed by atoms with Crippen LogP contribution < -0.4 is 0 Å². The number of aliphatic carboxylic acids is 4. The van der Waals surface area contributed by atoms with Crippen LogP contribution in [0.15, 0.2) is 0 Å². The molecule has 2 heterocycles. The molecule has 0 saturated carbocycles. The number of carbonyl (C=O) groups is 8. The number of hydrogen-bond acceptors (Lipinski definition) is 14. The van der Waals surface area contributed by atoms with Gasteiger partial charge < -0.3 is 39.4 Å². The molecule has 0 spiro atoms. The number of Topliss-reactive ketones (excluding diaryl/α,β-unsaturated/α-hetero) is 2. The molecule has 18 heteroatoms. The van der Waals surface area contributed by atoms with Crippen molar-refractivity contribution in [1.82, 2.24) is 9.80 Å². The molecule has 324 valence electrons. The lowest BCUT2D eigenvalue weighted by atomic mass is 9.88. The predicted octanol–water partition coefficient (Wildman–Crippen LogP) is 3.17. The third-order valence-electron chi connectivity index (χ3n) is 8.08. The number of carboxylic acid groups (broad SMARTS) is 4. The van der Waals surface area contributed by atoms with E-state index in [1.165, 1.54) is 0 Å². The number of unbranched alkanes of at least 4 members (excludes halogenated alkanes) is 2. The summed E-state index contributed by atoms with van der Waals surface area (Å²) in [6.07, 6.45) is 6.64. The lowest BCUT2D eigenvalue weighted by Gasteiger charge is -2.26. The Morgan fingerprint density at radius 1 is 0.464 bits per heavy atom. The van der Waals surface area contributed by atoms with Crippen molar-refractivity contribution in [3.05, 3.63) is 0 Å². The van der Waals surface area contributed by atoms with Gasteiger partial charge in [-0.25, -0.2) is 19.2 Å². The van der Waals surface area contributed by atoms with E-state index in [0.717, 1.165) is 104 Å². The zero-order valence-corrected chi connectivity index (χ0v) is 34.1. The molecule has 0 radical (unpaired) electrons. The maximum Gasteiger partial charge on any atom is 0.414 e. The summed E-state index contributed by atoms with van der Waals surface area (Å²) in [7, 11) is 0. The first-order valence-corrected chi connectivity index (χ1v) is 19.0. The molecule has 0 amide bonds. The topological polar surface area (TPSA) is 261 Å². The lowest BCUT2D eigenvalue weighted by Crippen LogP contribution is -2.37. The van der Waals surface area contributed by atoms with Gasteiger partial charge in [0.1, 0.15) is 11.6 Å². The number of ketones is 2. The first-order chi connectivity index (χ1) is 26.1. The minimum Gasteiger partial charge on any atom is -0.473 e. The second kappa shape index (κ2) is 31.1. The van der Waals surface area contributed by atoms with Crippen molar-refractivity contribution in [3.8, 4) is 0 Å². The molecular weight excluding hydrogens is 740 g/mol. The number of carbonyl (C=O) groups excluding carboxylic acids is 4. The summed E-state index contributed by atoms with van der Waals surface area (Å²) in [6, 6.07) is 0. The molecule has 18 nitrogen and oxygen atoms in total. The molecule has 56 heavy (non-hydrogen) atoms. The van der Waals surface area contributed by atoms with E-state index < -0.39 is 23.9 Å². The smallest absolute Gasteiger partial charge is 0.414 e. The van der Waals surface area contributed by atoms with Gasteiger partial charge in [0.15, 0.2) is 0 Å². The van der Waals surface area contributed by atoms with Crippen LogP contribution in [0.25, 0.3) is 0 Å². The van der Waals surface area contributed by atoms with E-state index in [-0.39, 0.29) is 34.3 Å². The van der Waals surface area contributed by atoms with Gasteiger partial charge in [0.05, 0.1) is 39.6 Å². The van der Waals surface area contributed by atoms with Gasteiger partial charge in [0.2, 0.25) is 0 Å². The van der Waals surface area contributed by atoms with E-state index in [0.29, 0.717) is 38.9 Å². The van der Waals surface area contributed by atoms with Crippen molar-refractivity contribution in [3.63, 3.8) is 0 Å². The predicted molar refractivity (Wildman–Crippen MR) is 202 cm³/mol. The van der Waals surface area contributed by atoms with Gasteiger partial charge in [0.25, 0.3) is 0 Å². The quantitative estimate of drug-likeness (QED) is 0.0880. The van der Waals surface area contributed by atoms with Gasteiger partial charge in [-0.05, 0) is 38.5 Å². The lowest BCUT2D eigenvalue weighted by molar-refractivity contribution is -0.159. The van der Waals surface area contributed by atoms with Crippen molar-refractivity contribution >= 4 is 47.4 Å². The summed E-state index contributed by atoms with van der Waals surface area (Å²) in [4.78, 5) is 87.7. The number of nitrogens with zero attached hydrogens (tertiary/aromatic N) is 2. The van der Waals surface area contributed by atoms with Crippen LogP contribution in [-0.4, -0.2) is 157 Å². The van der Waals surface area contributed by atoms with Gasteiger partial charge in [-0.1, -0.05) is 41.5 Å². The Morgan fingerprint density at radius 3 is 0.982 bits per heavy atom. The van der Waals surface area contributed by atoms with E-state index >= 15 is 0 Å². The average Bonchev–Trinajstić information content (AvgIpc) is 3.13. The van der Waals surface area contributed by atoms with E-state index in [1.54, 1.807) is 0 Å². The summed E-state index contributed by atoms with van der Waals surface area (Å²) in [5.74, 6) is -7.08. The standard InChI is InChI=1S/2C17H31NO4.2C2H2O4/c2*1-17(2,3)15(19)7-4-5-8-16(20)22-12-6-9-18-10-13-21-14-11-18;2*3-1(4)2(5)6/h2*4-14H2,1-3H3;2*(H,3,4)(H,5,6). The van der Waals surface area contributed by atoms with Crippen LogP contribution in [0.2, 0.25) is 0 Å². The fourth-order valence-corrected chi connectivity index (χ4v) is 4.60. The van der Waals surface area contributed by atoms with Crippen molar-refractivity contribution in [2.24, 2.45) is 10.8 Å². The highest BCUT2D eigenvalue weighted by atomic mass is 16.5. The van der Waals surface area contributed by atoms with Gasteiger partial charge >= 0.3 is 35.8 Å². The highest BCUT2D eigenvalue weighted by Gasteiger charge is 2.21. The molecule has 0 aromatic rings. The van der Waals surface area contributed by atoms with Crippen LogP contribution in [0.4, 0.5) is 0 Å². The third kappa shape index (κ3) is 33.3. The largest absolute Gasteiger partial charge is 0.473 e. The summed E-state index contributed by atoms with van der Waals surface area (Å²) < 4.78 is 21.0. The highest BCUT2D eigenvalue weighted by Crippen LogP contribution is 2.19. The summed E-state index contributed by atoms with van der Waals surface area (Å²) >= 11 is 0. The second-order valence-corrected chi connectivity index (χ2v) is 15.0. The average molecular weight is 807 g/mol. The molecule has 4 N–H and O–H groups in total. The fraction of sp³-hybridized carbons (Fsp3) is 0.789. The molecule has 2 aliphatic rings. The van der Waals surface area contributed by atoms with Crippen LogP contribution in [0, 0.1) is 10.8 Å². The second-order valence-electron chi connectivity index (χ2n) is 15.0. The van der Waals surface area contributed by atoms with Crippen LogP contribution in [0.3, 0.4) is 0 Å². The summed E-state index contributed by atoms with van der Waals surface area (Å²) in [5.41, 5.74) is -0.556. The van der Waals surface area contributed by atoms with Crippen LogP contribution >= 0.6 is 0 Å². The Labute approximate surface area is 330 Å². The minimum absolute atomic E-state index is 0.148. The number of carboxylic acids is 4. The molecule has 2 rings (SSSR count). The van der Waals surface area contributed by atoms with E-state index in [9.17, 15) is 19.2 Å². The number of hydrogen-bond donors (Lipinski definition) is 4. The molecule has 2 aliphatic heterocycles. The molecule has 0 aromatic heterocycles. The van der Waals surface area contributed by atoms with E-state index in [2.05, 4.69) is 9.80 Å². The zero-order chi connectivity index (χ0) is 43.2. The van der Waals surface area contributed by atoms with Crippen LogP contribution in [0.5, 0.6) is 0 Å². The van der Waals surface area contributed by atoms with Crippen molar-refractivity contribution in [2.45, 2.75) is 106 Å². The number of rotatable bonds is 18. The Kier molecular flexibility index (Phi) is 30.1. The molecule has 0 bridgehead atoms. The molecule has 0 aliphatic carbocycles. The van der Waals surface area contributed by atoms with Crippen LogP contribution in [0.1, 0.15) is 106 Å². The minimum atomic E-state index is -1.82. The van der Waals surface area contributed by atoms with Crippen molar-refractivity contribution in [1.29, 1.82) is 0 Å². The van der Waals surface area contributed by atoms with Crippen LogP contribution in [-0.2, 0) is 57.3 Å². The fourth-order valence-electron chi connectivity index (χ4n) is 4.60. The monoisotopic (exact) mass is 806 g/mol. The number of ether oxygens (including phenoxy) is 4. The molecule has 0 atom stereocenters. The van der Waals surface area contributed by atoms with E-state index in [1.807, 2.05) is 41.5 Å². The van der Waals surface area contributed by atoms with Crippen molar-refractivity contribution in [2.75, 3.05) is 78.9 Å². The molecule has 0 aromatic carbocycles. The summed E-state index contributed by atoms with van der Waals surface area (Å²) in [5, 5.41) is 29.6. The molecular formula is C38H66N2O16. The molecule has 2 saturated heterocycles. The van der Waals surface area contributed by atoms with Gasteiger partial charge in [-0.15, -0.1) is 0 Å². The van der Waals surface area contributed by atoms with Crippen molar-refractivity contribution < 1.29 is 77.7 Å².